The highest BCUT2D eigenvalue weighted by molar-refractivity contribution is 6.33. The largest absolute Gasteiger partial charge is 0.417 e. The van der Waals surface area contributed by atoms with Gasteiger partial charge in [0.2, 0.25) is 0 Å². The molecule has 2 heterocycles. The number of rotatable bonds is 2. The monoisotopic (exact) mass is 280 g/mol. The summed E-state index contributed by atoms with van der Waals surface area (Å²) in [6, 6.07) is 0.871. The van der Waals surface area contributed by atoms with Crippen LogP contribution >= 0.6 is 11.6 Å². The Kier molecular flexibility index (Phi) is 3.42. The lowest BCUT2D eigenvalue weighted by Crippen LogP contribution is -2.35. The van der Waals surface area contributed by atoms with Crippen molar-refractivity contribution in [2.45, 2.75) is 25.1 Å². The zero-order valence-electron chi connectivity index (χ0n) is 9.64. The molecular weight excluding hydrogens is 269 g/mol. The first kappa shape index (κ1) is 13.4. The molecule has 0 aliphatic carbocycles. The van der Waals surface area contributed by atoms with Gasteiger partial charge in [-0.3, -0.25) is 0 Å². The van der Waals surface area contributed by atoms with E-state index in [1.807, 2.05) is 6.92 Å². The quantitative estimate of drug-likeness (QED) is 0.902. The van der Waals surface area contributed by atoms with Crippen molar-refractivity contribution in [2.75, 3.05) is 18.5 Å². The second kappa shape index (κ2) is 4.59. The molecule has 0 radical (unpaired) electrons. The van der Waals surface area contributed by atoms with Crippen molar-refractivity contribution in [2.24, 2.45) is 0 Å². The third-order valence-electron chi connectivity index (χ3n) is 2.81. The number of alkyl halides is 3. The number of nitrogens with zero attached hydrogens (tertiary/aromatic N) is 1. The molecule has 1 atom stereocenters. The number of hydrogen-bond donors (Lipinski definition) is 1. The average Bonchev–Trinajstić information content (AvgIpc) is 2.67. The fourth-order valence-corrected chi connectivity index (χ4v) is 1.95. The molecule has 1 aromatic heterocycles. The smallest absolute Gasteiger partial charge is 0.379 e. The summed E-state index contributed by atoms with van der Waals surface area (Å²) in [4.78, 5) is 3.73. The van der Waals surface area contributed by atoms with Gasteiger partial charge < -0.3 is 10.1 Å². The van der Waals surface area contributed by atoms with Crippen molar-refractivity contribution in [3.63, 3.8) is 0 Å². The van der Waals surface area contributed by atoms with Crippen molar-refractivity contribution in [1.29, 1.82) is 0 Å². The molecule has 1 N–H and O–H groups in total. The van der Waals surface area contributed by atoms with E-state index >= 15 is 0 Å². The van der Waals surface area contributed by atoms with Crippen LogP contribution in [0.25, 0.3) is 0 Å². The Hall–Kier alpha value is -1.01. The summed E-state index contributed by atoms with van der Waals surface area (Å²) < 4.78 is 42.6. The molecule has 0 bridgehead atoms. The third-order valence-corrected chi connectivity index (χ3v) is 3.10. The normalized spacial score (nSPS) is 24.3. The van der Waals surface area contributed by atoms with Gasteiger partial charge in [-0.25, -0.2) is 4.98 Å². The van der Waals surface area contributed by atoms with Gasteiger partial charge in [0.15, 0.2) is 0 Å². The molecule has 1 aliphatic rings. The summed E-state index contributed by atoms with van der Waals surface area (Å²) in [5.41, 5.74) is -1.19. The third kappa shape index (κ3) is 2.87. The van der Waals surface area contributed by atoms with Crippen LogP contribution in [0, 0.1) is 0 Å². The highest BCUT2D eigenvalue weighted by Gasteiger charge is 2.33. The first-order valence-corrected chi connectivity index (χ1v) is 5.77. The molecule has 1 aromatic rings. The van der Waals surface area contributed by atoms with Crippen LogP contribution in [-0.4, -0.2) is 23.7 Å². The molecule has 100 valence electrons. The number of anilines is 1. The second-order valence-electron chi connectivity index (χ2n) is 4.54. The van der Waals surface area contributed by atoms with Crippen molar-refractivity contribution in [1.82, 2.24) is 4.98 Å². The fraction of sp³-hybridized carbons (Fsp3) is 0.545. The van der Waals surface area contributed by atoms with Gasteiger partial charge in [0.25, 0.3) is 0 Å². The summed E-state index contributed by atoms with van der Waals surface area (Å²) in [5.74, 6) is 0.248. The van der Waals surface area contributed by atoms with Gasteiger partial charge >= 0.3 is 6.18 Å². The Morgan fingerprint density at radius 1 is 1.50 bits per heavy atom. The molecule has 0 saturated carbocycles. The van der Waals surface area contributed by atoms with Crippen LogP contribution in [-0.2, 0) is 10.9 Å². The van der Waals surface area contributed by atoms with E-state index in [1.54, 1.807) is 0 Å². The number of pyridine rings is 1. The molecule has 1 aliphatic heterocycles. The van der Waals surface area contributed by atoms with E-state index in [9.17, 15) is 13.2 Å². The van der Waals surface area contributed by atoms with Crippen LogP contribution in [0.1, 0.15) is 18.9 Å². The number of aromatic nitrogens is 1. The highest BCUT2D eigenvalue weighted by atomic mass is 35.5. The van der Waals surface area contributed by atoms with Gasteiger partial charge in [-0.2, -0.15) is 13.2 Å². The molecule has 18 heavy (non-hydrogen) atoms. The lowest BCUT2D eigenvalue weighted by molar-refractivity contribution is -0.137. The van der Waals surface area contributed by atoms with E-state index in [1.165, 1.54) is 0 Å². The van der Waals surface area contributed by atoms with Crippen molar-refractivity contribution < 1.29 is 17.9 Å². The first-order chi connectivity index (χ1) is 8.30. The summed E-state index contributed by atoms with van der Waals surface area (Å²) in [7, 11) is 0. The maximum atomic E-state index is 12.4. The Morgan fingerprint density at radius 2 is 2.22 bits per heavy atom. The molecule has 1 unspecified atom stereocenters. The molecule has 0 amide bonds. The lowest BCUT2D eigenvalue weighted by atomic mass is 10.0. The van der Waals surface area contributed by atoms with E-state index in [2.05, 4.69) is 10.3 Å². The fourth-order valence-electron chi connectivity index (χ4n) is 1.74. The number of nitrogens with one attached hydrogen (secondary N) is 1. The predicted octanol–water partition coefficient (Wildman–Crippen LogP) is 3.34. The van der Waals surface area contributed by atoms with Gasteiger partial charge in [-0.1, -0.05) is 11.6 Å². The van der Waals surface area contributed by atoms with Crippen LogP contribution in [0.3, 0.4) is 0 Å². The van der Waals surface area contributed by atoms with E-state index in [-0.39, 0.29) is 16.4 Å². The average molecular weight is 281 g/mol. The summed E-state index contributed by atoms with van der Waals surface area (Å²) >= 11 is 5.81. The van der Waals surface area contributed by atoms with Crippen LogP contribution in [0.15, 0.2) is 12.3 Å². The zero-order chi connectivity index (χ0) is 13.4. The maximum absolute atomic E-state index is 12.4. The highest BCUT2D eigenvalue weighted by Crippen LogP contribution is 2.33. The van der Waals surface area contributed by atoms with Gasteiger partial charge in [0.05, 0.1) is 22.7 Å². The number of hydrogen-bond acceptors (Lipinski definition) is 3. The number of ether oxygens (including phenoxy) is 1. The minimum absolute atomic E-state index is 0.0436. The lowest BCUT2D eigenvalue weighted by Gasteiger charge is -2.25. The summed E-state index contributed by atoms with van der Waals surface area (Å²) in [6.07, 6.45) is -2.91. The van der Waals surface area contributed by atoms with E-state index < -0.39 is 11.7 Å². The SMILES string of the molecule is CC1(Nc2ncc(C(F)(F)F)cc2Cl)CCOC1. The first-order valence-electron chi connectivity index (χ1n) is 5.39. The molecule has 2 rings (SSSR count). The minimum atomic E-state index is -4.43. The Bertz CT molecular complexity index is 444. The van der Waals surface area contributed by atoms with Gasteiger partial charge in [0, 0.05) is 12.8 Å². The van der Waals surface area contributed by atoms with E-state index in [0.29, 0.717) is 13.2 Å². The maximum Gasteiger partial charge on any atom is 0.417 e. The molecule has 0 spiro atoms. The molecule has 3 nitrogen and oxygen atoms in total. The van der Waals surface area contributed by atoms with Gasteiger partial charge in [-0.15, -0.1) is 0 Å². The number of halogens is 4. The second-order valence-corrected chi connectivity index (χ2v) is 4.95. The Balaban J connectivity index is 2.20. The Labute approximate surface area is 107 Å². The summed E-state index contributed by atoms with van der Waals surface area (Å²) in [6.45, 7) is 3.00. The molecule has 1 saturated heterocycles. The van der Waals surface area contributed by atoms with Crippen molar-refractivity contribution in [3.05, 3.63) is 22.8 Å². The van der Waals surface area contributed by atoms with Crippen LogP contribution in [0.5, 0.6) is 0 Å². The predicted molar refractivity (Wildman–Crippen MR) is 61.7 cm³/mol. The van der Waals surface area contributed by atoms with Crippen LogP contribution < -0.4 is 5.32 Å². The van der Waals surface area contributed by atoms with Crippen LogP contribution in [0.4, 0.5) is 19.0 Å². The van der Waals surface area contributed by atoms with E-state index in [4.69, 9.17) is 16.3 Å². The molecular formula is C11H12ClF3N2O. The zero-order valence-corrected chi connectivity index (χ0v) is 10.4. The minimum Gasteiger partial charge on any atom is -0.379 e. The standard InChI is InChI=1S/C11H12ClF3N2O/c1-10(2-3-18-6-10)17-9-8(12)4-7(5-16-9)11(13,14)15/h4-5H,2-3,6H2,1H3,(H,16,17). The van der Waals surface area contributed by atoms with E-state index in [0.717, 1.165) is 18.7 Å². The summed E-state index contributed by atoms with van der Waals surface area (Å²) in [5, 5.41) is 2.99. The van der Waals surface area contributed by atoms with Gasteiger partial charge in [-0.05, 0) is 19.4 Å². The topological polar surface area (TPSA) is 34.2 Å². The Morgan fingerprint density at radius 3 is 2.72 bits per heavy atom. The molecule has 7 heteroatoms. The van der Waals surface area contributed by atoms with Gasteiger partial charge in [0.1, 0.15) is 5.82 Å². The molecule has 1 fully saturated rings. The molecule has 0 aromatic carbocycles. The van der Waals surface area contributed by atoms with Crippen LogP contribution in [0.2, 0.25) is 5.02 Å². The van der Waals surface area contributed by atoms with Crippen molar-refractivity contribution in [3.8, 4) is 0 Å². The van der Waals surface area contributed by atoms with Crippen molar-refractivity contribution >= 4 is 17.4 Å².